The molecule has 148 valence electrons. The van der Waals surface area contributed by atoms with E-state index in [0.29, 0.717) is 6.54 Å². The second-order valence-electron chi connectivity index (χ2n) is 7.96. The SMILES string of the molecule is C[NH+](C)[C@H](CNC(=O)CCC(=O)c1ccc2c(c1)CCCC2)c1ccccc1. The van der Waals surface area contributed by atoms with Crippen molar-refractivity contribution in [2.75, 3.05) is 20.6 Å². The molecule has 0 fully saturated rings. The van der Waals surface area contributed by atoms with Crippen LogP contribution in [0.4, 0.5) is 0 Å². The molecule has 0 radical (unpaired) electrons. The summed E-state index contributed by atoms with van der Waals surface area (Å²) in [6.45, 7) is 0.568. The van der Waals surface area contributed by atoms with Gasteiger partial charge in [0.2, 0.25) is 5.91 Å². The zero-order valence-corrected chi connectivity index (χ0v) is 17.0. The largest absolute Gasteiger partial charge is 0.350 e. The third-order valence-corrected chi connectivity index (χ3v) is 5.65. The number of nitrogens with one attached hydrogen (secondary N) is 2. The van der Waals surface area contributed by atoms with Crippen LogP contribution in [0.15, 0.2) is 48.5 Å². The van der Waals surface area contributed by atoms with Gasteiger partial charge in [0.25, 0.3) is 0 Å². The fraction of sp³-hybridized carbons (Fsp3) is 0.417. The molecule has 0 aromatic heterocycles. The molecule has 0 saturated carbocycles. The first-order valence-corrected chi connectivity index (χ1v) is 10.3. The molecular weight excluding hydrogens is 348 g/mol. The Hall–Kier alpha value is -2.46. The van der Waals surface area contributed by atoms with E-state index in [1.165, 1.54) is 34.4 Å². The van der Waals surface area contributed by atoms with Crippen LogP contribution in [0.2, 0.25) is 0 Å². The molecule has 4 nitrogen and oxygen atoms in total. The summed E-state index contributed by atoms with van der Waals surface area (Å²) in [5, 5.41) is 3.01. The minimum absolute atomic E-state index is 0.0568. The molecular formula is C24H31N2O2+. The molecule has 1 aliphatic rings. The van der Waals surface area contributed by atoms with Crippen molar-refractivity contribution in [3.63, 3.8) is 0 Å². The Morgan fingerprint density at radius 2 is 1.68 bits per heavy atom. The molecule has 1 aliphatic carbocycles. The van der Waals surface area contributed by atoms with Crippen LogP contribution in [0, 0.1) is 0 Å². The summed E-state index contributed by atoms with van der Waals surface area (Å²) >= 11 is 0. The molecule has 0 aliphatic heterocycles. The van der Waals surface area contributed by atoms with Gasteiger partial charge >= 0.3 is 0 Å². The lowest BCUT2D eigenvalue weighted by Gasteiger charge is -2.22. The summed E-state index contributed by atoms with van der Waals surface area (Å²) in [6, 6.07) is 16.5. The van der Waals surface area contributed by atoms with Crippen LogP contribution in [-0.4, -0.2) is 32.3 Å². The molecule has 2 aromatic rings. The van der Waals surface area contributed by atoms with Crippen molar-refractivity contribution in [3.05, 3.63) is 70.8 Å². The number of amides is 1. The predicted octanol–water partition coefficient (Wildman–Crippen LogP) is 2.53. The first-order chi connectivity index (χ1) is 13.5. The van der Waals surface area contributed by atoms with Gasteiger partial charge in [0.1, 0.15) is 6.04 Å². The van der Waals surface area contributed by atoms with Gasteiger partial charge in [-0.25, -0.2) is 0 Å². The Bertz CT molecular complexity index is 815. The zero-order valence-electron chi connectivity index (χ0n) is 17.0. The summed E-state index contributed by atoms with van der Waals surface area (Å²) in [7, 11) is 4.17. The molecule has 28 heavy (non-hydrogen) atoms. The Balaban J connectivity index is 1.50. The van der Waals surface area contributed by atoms with E-state index in [2.05, 4.69) is 37.6 Å². The summed E-state index contributed by atoms with van der Waals surface area (Å²) in [5.41, 5.74) is 4.63. The van der Waals surface area contributed by atoms with Crippen LogP contribution in [0.25, 0.3) is 0 Å². The molecule has 2 aromatic carbocycles. The zero-order chi connectivity index (χ0) is 19.9. The smallest absolute Gasteiger partial charge is 0.220 e. The molecule has 4 heteroatoms. The van der Waals surface area contributed by atoms with Gasteiger partial charge in [-0.05, 0) is 42.9 Å². The van der Waals surface area contributed by atoms with Crippen LogP contribution in [0.5, 0.6) is 0 Å². The van der Waals surface area contributed by atoms with Crippen molar-refractivity contribution in [1.29, 1.82) is 0 Å². The van der Waals surface area contributed by atoms with Gasteiger partial charge in [0.05, 0.1) is 20.6 Å². The number of aryl methyl sites for hydroxylation is 2. The van der Waals surface area contributed by atoms with E-state index < -0.39 is 0 Å². The van der Waals surface area contributed by atoms with Crippen molar-refractivity contribution in [2.45, 2.75) is 44.6 Å². The Morgan fingerprint density at radius 3 is 2.39 bits per heavy atom. The van der Waals surface area contributed by atoms with Gasteiger partial charge in [0, 0.05) is 24.0 Å². The van der Waals surface area contributed by atoms with Gasteiger partial charge in [-0.2, -0.15) is 0 Å². The molecule has 0 heterocycles. The molecule has 0 bridgehead atoms. The molecule has 1 atom stereocenters. The number of likely N-dealkylation sites (N-methyl/N-ethyl adjacent to an activating group) is 1. The van der Waals surface area contributed by atoms with Crippen molar-refractivity contribution in [3.8, 4) is 0 Å². The van der Waals surface area contributed by atoms with Crippen LogP contribution in [-0.2, 0) is 17.6 Å². The lowest BCUT2D eigenvalue weighted by atomic mass is 9.89. The van der Waals surface area contributed by atoms with Gasteiger partial charge in [-0.1, -0.05) is 42.5 Å². The summed E-state index contributed by atoms with van der Waals surface area (Å²) in [6.07, 6.45) is 5.10. The van der Waals surface area contributed by atoms with Crippen molar-refractivity contribution in [2.24, 2.45) is 0 Å². The monoisotopic (exact) mass is 379 g/mol. The van der Waals surface area contributed by atoms with E-state index in [9.17, 15) is 9.59 Å². The maximum atomic E-state index is 12.5. The van der Waals surface area contributed by atoms with Crippen LogP contribution < -0.4 is 10.2 Å². The highest BCUT2D eigenvalue weighted by Crippen LogP contribution is 2.23. The number of fused-ring (bicyclic) bond motifs is 1. The third kappa shape index (κ3) is 5.29. The molecule has 3 rings (SSSR count). The third-order valence-electron chi connectivity index (χ3n) is 5.65. The van der Waals surface area contributed by atoms with E-state index in [4.69, 9.17) is 0 Å². The highest BCUT2D eigenvalue weighted by molar-refractivity contribution is 5.98. The lowest BCUT2D eigenvalue weighted by molar-refractivity contribution is -0.890. The number of ketones is 1. The van der Waals surface area contributed by atoms with E-state index in [0.717, 1.165) is 18.4 Å². The maximum absolute atomic E-state index is 12.5. The van der Waals surface area contributed by atoms with Crippen molar-refractivity contribution < 1.29 is 14.5 Å². The number of carbonyl (C=O) groups excluding carboxylic acids is 2. The summed E-state index contributed by atoms with van der Waals surface area (Å²) in [4.78, 5) is 26.1. The quantitative estimate of drug-likeness (QED) is 0.693. The van der Waals surface area contributed by atoms with Gasteiger partial charge < -0.3 is 10.2 Å². The number of quaternary nitrogens is 1. The van der Waals surface area contributed by atoms with Crippen LogP contribution in [0.3, 0.4) is 0 Å². The highest BCUT2D eigenvalue weighted by Gasteiger charge is 2.19. The number of rotatable bonds is 8. The van der Waals surface area contributed by atoms with Gasteiger partial charge in [0.15, 0.2) is 5.78 Å². The average Bonchev–Trinajstić information content (AvgIpc) is 2.72. The average molecular weight is 380 g/mol. The lowest BCUT2D eigenvalue weighted by Crippen LogP contribution is -3.07. The van der Waals surface area contributed by atoms with Gasteiger partial charge in [-0.15, -0.1) is 0 Å². The van der Waals surface area contributed by atoms with Crippen LogP contribution in [0.1, 0.15) is 58.8 Å². The number of hydrogen-bond donors (Lipinski definition) is 2. The Labute approximate surface area is 167 Å². The maximum Gasteiger partial charge on any atom is 0.220 e. The molecule has 2 N–H and O–H groups in total. The summed E-state index contributed by atoms with van der Waals surface area (Å²) in [5.74, 6) is -0.00476. The normalized spacial score (nSPS) is 14.4. The van der Waals surface area contributed by atoms with E-state index in [-0.39, 0.29) is 30.6 Å². The topological polar surface area (TPSA) is 50.6 Å². The standard InChI is InChI=1S/C24H30N2O2/c1-26(2)22(19-9-4-3-5-10-19)17-25-24(28)15-14-23(27)21-13-12-18-8-6-7-11-20(18)16-21/h3-5,9-10,12-13,16,22H,6-8,11,14-15,17H2,1-2H3,(H,25,28)/p+1/t22-/m1/s1. The predicted molar refractivity (Wildman–Crippen MR) is 112 cm³/mol. The Kier molecular flexibility index (Phi) is 6.99. The van der Waals surface area contributed by atoms with Crippen molar-refractivity contribution >= 4 is 11.7 Å². The van der Waals surface area contributed by atoms with E-state index in [1.54, 1.807) is 0 Å². The minimum Gasteiger partial charge on any atom is -0.350 e. The number of carbonyl (C=O) groups is 2. The van der Waals surface area contributed by atoms with Crippen LogP contribution >= 0.6 is 0 Å². The second-order valence-corrected chi connectivity index (χ2v) is 7.96. The van der Waals surface area contributed by atoms with E-state index >= 15 is 0 Å². The Morgan fingerprint density at radius 1 is 0.964 bits per heavy atom. The highest BCUT2D eigenvalue weighted by atomic mass is 16.2. The molecule has 1 amide bonds. The fourth-order valence-corrected chi connectivity index (χ4v) is 3.92. The first-order valence-electron chi connectivity index (χ1n) is 10.3. The fourth-order valence-electron chi connectivity index (χ4n) is 3.92. The minimum atomic E-state index is -0.0616. The molecule has 0 unspecified atom stereocenters. The first kappa shape index (κ1) is 20.3. The van der Waals surface area contributed by atoms with Crippen molar-refractivity contribution in [1.82, 2.24) is 5.32 Å². The number of hydrogen-bond acceptors (Lipinski definition) is 2. The number of Topliss-reactive ketones (excluding diaryl/α,β-unsaturated/α-hetero) is 1. The molecule has 0 saturated heterocycles. The number of benzene rings is 2. The molecule has 0 spiro atoms. The van der Waals surface area contributed by atoms with Gasteiger partial charge in [-0.3, -0.25) is 9.59 Å². The second kappa shape index (κ2) is 9.65. The van der Waals surface area contributed by atoms with E-state index in [1.807, 2.05) is 30.3 Å². The summed E-state index contributed by atoms with van der Waals surface area (Å²) < 4.78 is 0.